The first kappa shape index (κ1) is 13.9. The Hall–Kier alpha value is -2.07. The van der Waals surface area contributed by atoms with Gasteiger partial charge >= 0.3 is 0 Å². The normalized spacial score (nSPS) is 13.0. The molecular weight excluding hydrogens is 290 g/mol. The summed E-state index contributed by atoms with van der Waals surface area (Å²) >= 11 is 6.12. The lowest BCUT2D eigenvalue weighted by Gasteiger charge is -2.20. The van der Waals surface area contributed by atoms with Crippen LogP contribution in [0.3, 0.4) is 0 Å². The summed E-state index contributed by atoms with van der Waals surface area (Å²) in [5, 5.41) is 0.580. The summed E-state index contributed by atoms with van der Waals surface area (Å²) in [6, 6.07) is 9.28. The molecule has 1 aliphatic rings. The molecule has 0 bridgehead atoms. The second-order valence-corrected chi connectivity index (χ2v) is 5.32. The molecule has 0 saturated heterocycles. The number of aryl methyl sites for hydroxylation is 1. The van der Waals surface area contributed by atoms with Crippen molar-refractivity contribution in [2.75, 3.05) is 18.9 Å². The van der Waals surface area contributed by atoms with Crippen LogP contribution in [0.5, 0.6) is 17.2 Å². The van der Waals surface area contributed by atoms with E-state index in [1.165, 1.54) is 0 Å². The summed E-state index contributed by atoms with van der Waals surface area (Å²) in [4.78, 5) is 0. The van der Waals surface area contributed by atoms with Crippen molar-refractivity contribution in [2.45, 2.75) is 13.5 Å². The van der Waals surface area contributed by atoms with Crippen LogP contribution < -0.4 is 19.9 Å². The van der Waals surface area contributed by atoms with Crippen LogP contribution in [0.25, 0.3) is 0 Å². The van der Waals surface area contributed by atoms with E-state index in [0.29, 0.717) is 47.8 Å². The number of hydrogen-bond donors (Lipinski definition) is 1. The number of hydrogen-bond acceptors (Lipinski definition) is 4. The zero-order chi connectivity index (χ0) is 14.8. The van der Waals surface area contributed by atoms with Crippen LogP contribution in [0.2, 0.25) is 5.02 Å². The van der Waals surface area contributed by atoms with Crippen LogP contribution in [-0.4, -0.2) is 13.2 Å². The van der Waals surface area contributed by atoms with Crippen LogP contribution in [0, 0.1) is 6.92 Å². The number of ether oxygens (including phenoxy) is 3. The predicted molar refractivity (Wildman–Crippen MR) is 82.4 cm³/mol. The fourth-order valence-electron chi connectivity index (χ4n) is 2.15. The molecule has 0 unspecified atom stereocenters. The van der Waals surface area contributed by atoms with Crippen molar-refractivity contribution in [3.05, 3.63) is 46.5 Å². The van der Waals surface area contributed by atoms with Gasteiger partial charge in [-0.3, -0.25) is 0 Å². The van der Waals surface area contributed by atoms with Gasteiger partial charge in [0.05, 0.1) is 5.02 Å². The Morgan fingerprint density at radius 3 is 2.62 bits per heavy atom. The van der Waals surface area contributed by atoms with Crippen molar-refractivity contribution in [3.63, 3.8) is 0 Å². The van der Waals surface area contributed by atoms with Crippen LogP contribution >= 0.6 is 11.6 Å². The van der Waals surface area contributed by atoms with Gasteiger partial charge in [0.25, 0.3) is 0 Å². The van der Waals surface area contributed by atoms with E-state index >= 15 is 0 Å². The Labute approximate surface area is 128 Å². The molecule has 21 heavy (non-hydrogen) atoms. The number of nitrogen functional groups attached to an aromatic ring is 1. The fraction of sp³-hybridized carbons (Fsp3) is 0.250. The highest BCUT2D eigenvalue weighted by Gasteiger charge is 2.15. The van der Waals surface area contributed by atoms with E-state index < -0.39 is 0 Å². The van der Waals surface area contributed by atoms with E-state index in [1.807, 2.05) is 31.2 Å². The maximum Gasteiger partial charge on any atom is 0.163 e. The first-order valence-electron chi connectivity index (χ1n) is 6.70. The largest absolute Gasteiger partial charge is 0.487 e. The number of anilines is 1. The van der Waals surface area contributed by atoms with Gasteiger partial charge in [-0.1, -0.05) is 17.7 Å². The van der Waals surface area contributed by atoms with Gasteiger partial charge in [0.2, 0.25) is 0 Å². The van der Waals surface area contributed by atoms with Crippen molar-refractivity contribution in [3.8, 4) is 17.2 Å². The van der Waals surface area contributed by atoms with Crippen molar-refractivity contribution in [1.82, 2.24) is 0 Å². The third-order valence-corrected chi connectivity index (χ3v) is 3.59. The van der Waals surface area contributed by atoms with Crippen LogP contribution in [0.4, 0.5) is 5.69 Å². The topological polar surface area (TPSA) is 53.7 Å². The molecule has 1 heterocycles. The van der Waals surface area contributed by atoms with E-state index in [4.69, 9.17) is 31.5 Å². The summed E-state index contributed by atoms with van der Waals surface area (Å²) in [7, 11) is 0. The van der Waals surface area contributed by atoms with E-state index in [0.717, 1.165) is 11.1 Å². The SMILES string of the molecule is Cc1ccc(Cl)c(OCc2cc3c(cc2N)OCCO3)c1. The molecule has 0 saturated carbocycles. The second kappa shape index (κ2) is 5.74. The Bertz CT molecular complexity index is 673. The summed E-state index contributed by atoms with van der Waals surface area (Å²) < 4.78 is 16.8. The molecule has 0 atom stereocenters. The maximum atomic E-state index is 6.12. The lowest BCUT2D eigenvalue weighted by atomic mass is 10.1. The average Bonchev–Trinajstić information content (AvgIpc) is 2.48. The minimum absolute atomic E-state index is 0.325. The number of nitrogens with two attached hydrogens (primary N) is 1. The molecule has 4 nitrogen and oxygen atoms in total. The van der Waals surface area contributed by atoms with Crippen molar-refractivity contribution in [2.24, 2.45) is 0 Å². The molecule has 3 rings (SSSR count). The van der Waals surface area contributed by atoms with Gasteiger partial charge in [-0.25, -0.2) is 0 Å². The van der Waals surface area contributed by atoms with Crippen molar-refractivity contribution in [1.29, 1.82) is 0 Å². The highest BCUT2D eigenvalue weighted by molar-refractivity contribution is 6.32. The molecule has 1 aliphatic heterocycles. The summed E-state index contributed by atoms with van der Waals surface area (Å²) in [5.74, 6) is 2.02. The fourth-order valence-corrected chi connectivity index (χ4v) is 2.32. The zero-order valence-electron chi connectivity index (χ0n) is 11.7. The minimum Gasteiger partial charge on any atom is -0.487 e. The van der Waals surface area contributed by atoms with Gasteiger partial charge in [0.15, 0.2) is 11.5 Å². The lowest BCUT2D eigenvalue weighted by Crippen LogP contribution is -2.16. The van der Waals surface area contributed by atoms with Crippen LogP contribution in [0.1, 0.15) is 11.1 Å². The molecule has 0 fully saturated rings. The summed E-state index contributed by atoms with van der Waals surface area (Å²) in [6.45, 7) is 3.40. The predicted octanol–water partition coefficient (Wildman–Crippen LogP) is 3.58. The molecule has 0 aromatic heterocycles. The van der Waals surface area contributed by atoms with Gasteiger partial charge < -0.3 is 19.9 Å². The Morgan fingerprint density at radius 1 is 1.14 bits per heavy atom. The number of halogens is 1. The van der Waals surface area contributed by atoms with Crippen LogP contribution in [0.15, 0.2) is 30.3 Å². The third kappa shape index (κ3) is 3.00. The zero-order valence-corrected chi connectivity index (χ0v) is 12.4. The first-order chi connectivity index (χ1) is 10.1. The monoisotopic (exact) mass is 305 g/mol. The molecule has 2 N–H and O–H groups in total. The van der Waals surface area contributed by atoms with Gasteiger partial charge in [-0.05, 0) is 30.7 Å². The second-order valence-electron chi connectivity index (χ2n) is 4.92. The third-order valence-electron chi connectivity index (χ3n) is 3.27. The summed E-state index contributed by atoms with van der Waals surface area (Å²) in [5.41, 5.74) is 8.57. The van der Waals surface area contributed by atoms with Gasteiger partial charge in [-0.2, -0.15) is 0 Å². The molecule has 5 heteroatoms. The molecular formula is C16H16ClNO3. The van der Waals surface area contributed by atoms with Gasteiger partial charge in [0.1, 0.15) is 25.6 Å². The maximum absolute atomic E-state index is 6.12. The Balaban J connectivity index is 1.80. The molecule has 0 spiro atoms. The summed E-state index contributed by atoms with van der Waals surface area (Å²) in [6.07, 6.45) is 0. The minimum atomic E-state index is 0.325. The number of rotatable bonds is 3. The van der Waals surface area contributed by atoms with Gasteiger partial charge in [0, 0.05) is 17.3 Å². The smallest absolute Gasteiger partial charge is 0.163 e. The van der Waals surface area contributed by atoms with E-state index in [2.05, 4.69) is 0 Å². The van der Waals surface area contributed by atoms with E-state index in [1.54, 1.807) is 6.07 Å². The Kier molecular flexibility index (Phi) is 3.80. The molecule has 2 aromatic carbocycles. The molecule has 2 aromatic rings. The number of fused-ring (bicyclic) bond motifs is 1. The highest BCUT2D eigenvalue weighted by atomic mass is 35.5. The van der Waals surface area contributed by atoms with Gasteiger partial charge in [-0.15, -0.1) is 0 Å². The lowest BCUT2D eigenvalue weighted by molar-refractivity contribution is 0.171. The Morgan fingerprint density at radius 2 is 1.86 bits per heavy atom. The van der Waals surface area contributed by atoms with Crippen LogP contribution in [-0.2, 0) is 6.61 Å². The van der Waals surface area contributed by atoms with E-state index in [9.17, 15) is 0 Å². The molecule has 110 valence electrons. The highest BCUT2D eigenvalue weighted by Crippen LogP contribution is 2.35. The average molecular weight is 306 g/mol. The quantitative estimate of drug-likeness (QED) is 0.881. The molecule has 0 radical (unpaired) electrons. The molecule has 0 aliphatic carbocycles. The van der Waals surface area contributed by atoms with Crippen molar-refractivity contribution < 1.29 is 14.2 Å². The van der Waals surface area contributed by atoms with E-state index in [-0.39, 0.29) is 0 Å². The standard InChI is InChI=1S/C16H16ClNO3/c1-10-2-3-12(17)14(6-10)21-9-11-7-15-16(8-13(11)18)20-5-4-19-15/h2-3,6-8H,4-5,9,18H2,1H3. The first-order valence-corrected chi connectivity index (χ1v) is 7.08. The number of benzene rings is 2. The molecule has 0 amide bonds. The van der Waals surface area contributed by atoms with Crippen molar-refractivity contribution >= 4 is 17.3 Å².